The van der Waals surface area contributed by atoms with Crippen LogP contribution in [0.2, 0.25) is 0 Å². The van der Waals surface area contributed by atoms with Crippen molar-refractivity contribution in [3.63, 3.8) is 0 Å². The number of sulfone groups is 1. The third kappa shape index (κ3) is 6.16. The number of amides is 2. The zero-order valence-electron chi connectivity index (χ0n) is 17.1. The quantitative estimate of drug-likeness (QED) is 0.437. The maximum absolute atomic E-state index is 13.1. The SMILES string of the molecule is CCCCCCCCCC[C@H]1CC(=O)NC(=O)[C@@H]1S(=O)(=O)c1ccc(C)cc1. The number of aryl methyl sites for hydroxylation is 1. The number of benzene rings is 1. The number of hydrogen-bond donors (Lipinski definition) is 1. The monoisotopic (exact) mass is 407 g/mol. The fourth-order valence-corrected chi connectivity index (χ4v) is 5.77. The molecule has 0 spiro atoms. The van der Waals surface area contributed by atoms with Crippen LogP contribution >= 0.6 is 0 Å². The summed E-state index contributed by atoms with van der Waals surface area (Å²) in [5, 5.41) is 1.04. The van der Waals surface area contributed by atoms with Gasteiger partial charge in [0.25, 0.3) is 0 Å². The summed E-state index contributed by atoms with van der Waals surface area (Å²) in [5.41, 5.74) is 0.956. The van der Waals surface area contributed by atoms with Crippen molar-refractivity contribution in [3.8, 4) is 0 Å². The van der Waals surface area contributed by atoms with Gasteiger partial charge in [-0.05, 0) is 31.4 Å². The first-order valence-corrected chi connectivity index (χ1v) is 12.0. The number of carbonyl (C=O) groups is 2. The average molecular weight is 408 g/mol. The summed E-state index contributed by atoms with van der Waals surface area (Å²) in [6.45, 7) is 4.08. The zero-order chi connectivity index (χ0) is 20.6. The fraction of sp³-hybridized carbons (Fsp3) is 0.636. The van der Waals surface area contributed by atoms with Gasteiger partial charge in [0, 0.05) is 6.42 Å². The molecule has 1 N–H and O–H groups in total. The van der Waals surface area contributed by atoms with E-state index in [0.29, 0.717) is 6.42 Å². The maximum Gasteiger partial charge on any atom is 0.245 e. The second kappa shape index (κ2) is 10.7. The Balaban J connectivity index is 1.99. The fourth-order valence-electron chi connectivity index (χ4n) is 3.88. The van der Waals surface area contributed by atoms with Gasteiger partial charge < -0.3 is 0 Å². The Morgan fingerprint density at radius 3 is 2.11 bits per heavy atom. The molecule has 0 bridgehead atoms. The predicted molar refractivity (Wildman–Crippen MR) is 111 cm³/mol. The van der Waals surface area contributed by atoms with E-state index < -0.39 is 26.9 Å². The lowest BCUT2D eigenvalue weighted by atomic mass is 9.90. The summed E-state index contributed by atoms with van der Waals surface area (Å²) in [7, 11) is -3.82. The van der Waals surface area contributed by atoms with E-state index in [-0.39, 0.29) is 17.2 Å². The van der Waals surface area contributed by atoms with Gasteiger partial charge >= 0.3 is 0 Å². The Kier molecular flexibility index (Phi) is 8.67. The minimum Gasteiger partial charge on any atom is -0.295 e. The molecule has 1 aliphatic rings. The van der Waals surface area contributed by atoms with Crippen molar-refractivity contribution >= 4 is 21.7 Å². The largest absolute Gasteiger partial charge is 0.295 e. The second-order valence-corrected chi connectivity index (χ2v) is 9.99. The van der Waals surface area contributed by atoms with Gasteiger partial charge in [-0.1, -0.05) is 76.0 Å². The molecular formula is C22H33NO4S. The summed E-state index contributed by atoms with van der Waals surface area (Å²) >= 11 is 0. The highest BCUT2D eigenvalue weighted by atomic mass is 32.2. The van der Waals surface area contributed by atoms with E-state index in [1.165, 1.54) is 32.1 Å². The predicted octanol–water partition coefficient (Wildman–Crippen LogP) is 4.33. The van der Waals surface area contributed by atoms with Crippen molar-refractivity contribution in [1.82, 2.24) is 5.32 Å². The Morgan fingerprint density at radius 2 is 1.50 bits per heavy atom. The van der Waals surface area contributed by atoms with Crippen molar-refractivity contribution in [1.29, 1.82) is 0 Å². The number of rotatable bonds is 11. The molecule has 6 heteroatoms. The van der Waals surface area contributed by atoms with Crippen LogP contribution in [-0.2, 0) is 19.4 Å². The number of hydrogen-bond acceptors (Lipinski definition) is 4. The van der Waals surface area contributed by atoms with E-state index in [0.717, 1.165) is 24.8 Å². The standard InChI is InChI=1S/C22H33NO4S/c1-3-4-5-6-7-8-9-10-11-18-16-20(24)23-22(25)21(18)28(26,27)19-14-12-17(2)13-15-19/h12-15,18,21H,3-11,16H2,1-2H3,(H,23,24,25)/t18-,21+/m0/s1. The molecule has 0 unspecified atom stereocenters. The normalized spacial score (nSPS) is 20.2. The minimum absolute atomic E-state index is 0.0952. The molecule has 2 rings (SSSR count). The van der Waals surface area contributed by atoms with Gasteiger partial charge in [0.15, 0.2) is 9.84 Å². The zero-order valence-corrected chi connectivity index (χ0v) is 17.9. The van der Waals surface area contributed by atoms with E-state index in [1.807, 2.05) is 6.92 Å². The van der Waals surface area contributed by atoms with Crippen LogP contribution in [0.15, 0.2) is 29.2 Å². The molecule has 2 atom stereocenters. The highest BCUT2D eigenvalue weighted by Crippen LogP contribution is 2.30. The Labute approximate surface area is 169 Å². The summed E-state index contributed by atoms with van der Waals surface area (Å²) in [5.74, 6) is -1.50. The molecule has 2 amide bonds. The van der Waals surface area contributed by atoms with Gasteiger partial charge in [0.1, 0.15) is 5.25 Å². The third-order valence-electron chi connectivity index (χ3n) is 5.51. The van der Waals surface area contributed by atoms with Gasteiger partial charge in [-0.25, -0.2) is 8.42 Å². The molecule has 1 heterocycles. The van der Waals surface area contributed by atoms with Gasteiger partial charge in [-0.2, -0.15) is 0 Å². The first-order valence-electron chi connectivity index (χ1n) is 10.5. The van der Waals surface area contributed by atoms with E-state index in [1.54, 1.807) is 24.3 Å². The Bertz CT molecular complexity index is 755. The van der Waals surface area contributed by atoms with Crippen LogP contribution in [0.5, 0.6) is 0 Å². The van der Waals surface area contributed by atoms with Gasteiger partial charge in [-0.15, -0.1) is 0 Å². The second-order valence-electron chi connectivity index (χ2n) is 7.92. The summed E-state index contributed by atoms with van der Waals surface area (Å²) in [4.78, 5) is 24.4. The molecule has 1 aromatic rings. The number of unbranched alkanes of at least 4 members (excludes halogenated alkanes) is 7. The van der Waals surface area contributed by atoms with Crippen molar-refractivity contribution in [2.24, 2.45) is 5.92 Å². The van der Waals surface area contributed by atoms with Crippen LogP contribution in [0.3, 0.4) is 0 Å². The van der Waals surface area contributed by atoms with E-state index >= 15 is 0 Å². The third-order valence-corrected chi connectivity index (χ3v) is 7.71. The van der Waals surface area contributed by atoms with Crippen molar-refractivity contribution in [2.45, 2.75) is 88.2 Å². The van der Waals surface area contributed by atoms with E-state index in [4.69, 9.17) is 0 Å². The van der Waals surface area contributed by atoms with Crippen LogP contribution < -0.4 is 5.32 Å². The van der Waals surface area contributed by atoms with Crippen LogP contribution in [0.1, 0.15) is 76.7 Å². The lowest BCUT2D eigenvalue weighted by molar-refractivity contribution is -0.134. The number of imide groups is 1. The number of nitrogens with one attached hydrogen (secondary N) is 1. The molecule has 0 radical (unpaired) electrons. The molecule has 156 valence electrons. The summed E-state index contributed by atoms with van der Waals surface area (Å²) < 4.78 is 26.2. The molecule has 1 fully saturated rings. The number of carbonyl (C=O) groups excluding carboxylic acids is 2. The molecule has 5 nitrogen and oxygen atoms in total. The molecule has 1 aromatic carbocycles. The lowest BCUT2D eigenvalue weighted by Crippen LogP contribution is -2.52. The van der Waals surface area contributed by atoms with Gasteiger partial charge in [-0.3, -0.25) is 14.9 Å². The smallest absolute Gasteiger partial charge is 0.245 e. The first kappa shape index (κ1) is 22.6. The average Bonchev–Trinajstić information content (AvgIpc) is 2.63. The highest BCUT2D eigenvalue weighted by molar-refractivity contribution is 7.92. The minimum atomic E-state index is -3.82. The molecule has 28 heavy (non-hydrogen) atoms. The Morgan fingerprint density at radius 1 is 0.929 bits per heavy atom. The Hall–Kier alpha value is -1.69. The molecular weight excluding hydrogens is 374 g/mol. The van der Waals surface area contributed by atoms with E-state index in [2.05, 4.69) is 12.2 Å². The van der Waals surface area contributed by atoms with E-state index in [9.17, 15) is 18.0 Å². The molecule has 1 saturated heterocycles. The van der Waals surface area contributed by atoms with Gasteiger partial charge in [0.2, 0.25) is 11.8 Å². The van der Waals surface area contributed by atoms with Crippen LogP contribution in [0.25, 0.3) is 0 Å². The van der Waals surface area contributed by atoms with Crippen molar-refractivity contribution in [2.75, 3.05) is 0 Å². The van der Waals surface area contributed by atoms with Crippen LogP contribution in [0, 0.1) is 12.8 Å². The van der Waals surface area contributed by atoms with Crippen LogP contribution in [0.4, 0.5) is 0 Å². The molecule has 0 aliphatic carbocycles. The summed E-state index contributed by atoms with van der Waals surface area (Å²) in [6, 6.07) is 6.54. The maximum atomic E-state index is 13.1. The summed E-state index contributed by atoms with van der Waals surface area (Å²) in [6.07, 6.45) is 9.86. The number of piperidine rings is 1. The highest BCUT2D eigenvalue weighted by Gasteiger charge is 2.44. The van der Waals surface area contributed by atoms with Crippen LogP contribution in [-0.4, -0.2) is 25.5 Å². The topological polar surface area (TPSA) is 80.3 Å². The molecule has 0 saturated carbocycles. The van der Waals surface area contributed by atoms with Crippen molar-refractivity contribution < 1.29 is 18.0 Å². The first-order chi connectivity index (χ1) is 13.4. The van der Waals surface area contributed by atoms with Gasteiger partial charge in [0.05, 0.1) is 4.90 Å². The molecule has 1 aliphatic heterocycles. The van der Waals surface area contributed by atoms with Crippen molar-refractivity contribution in [3.05, 3.63) is 29.8 Å². The molecule has 0 aromatic heterocycles. The lowest BCUT2D eigenvalue weighted by Gasteiger charge is -2.29.